The van der Waals surface area contributed by atoms with Crippen molar-refractivity contribution in [2.75, 3.05) is 13.6 Å². The number of alkyl halides is 3. The third-order valence-electron chi connectivity index (χ3n) is 3.39. The molecule has 122 valence electrons. The van der Waals surface area contributed by atoms with E-state index in [1.165, 1.54) is 30.1 Å². The lowest BCUT2D eigenvalue weighted by molar-refractivity contribution is -0.275. The Kier molecular flexibility index (Phi) is 4.92. The maximum atomic E-state index is 12.4. The molecule has 0 spiro atoms. The van der Waals surface area contributed by atoms with E-state index in [0.29, 0.717) is 13.0 Å². The summed E-state index contributed by atoms with van der Waals surface area (Å²) in [7, 11) is 1.50. The third-order valence-corrected chi connectivity index (χ3v) is 3.39. The number of carbonyl (C=O) groups excluding carboxylic acids is 1. The molecule has 0 saturated carbocycles. The van der Waals surface area contributed by atoms with Crippen LogP contribution in [0.4, 0.5) is 13.2 Å². The highest BCUT2D eigenvalue weighted by atomic mass is 19.4. The van der Waals surface area contributed by atoms with Crippen molar-refractivity contribution < 1.29 is 27.8 Å². The van der Waals surface area contributed by atoms with E-state index in [1.807, 2.05) is 0 Å². The van der Waals surface area contributed by atoms with E-state index in [9.17, 15) is 23.1 Å². The molecule has 1 heterocycles. The zero-order valence-corrected chi connectivity index (χ0v) is 11.9. The minimum atomic E-state index is -4.78. The lowest BCUT2D eigenvalue weighted by Crippen LogP contribution is -2.41. The summed E-state index contributed by atoms with van der Waals surface area (Å²) in [6.07, 6.45) is -5.07. The number of carbonyl (C=O) groups is 1. The van der Waals surface area contributed by atoms with Gasteiger partial charge >= 0.3 is 6.36 Å². The number of nitrogens with one attached hydrogen (secondary N) is 1. The molecule has 1 aromatic rings. The second-order valence-corrected chi connectivity index (χ2v) is 5.20. The van der Waals surface area contributed by atoms with E-state index in [-0.39, 0.29) is 23.8 Å². The fourth-order valence-electron chi connectivity index (χ4n) is 2.36. The molecule has 1 amide bonds. The van der Waals surface area contributed by atoms with Crippen LogP contribution in [0.2, 0.25) is 0 Å². The Balaban J connectivity index is 2.05. The largest absolute Gasteiger partial charge is 0.573 e. The standard InChI is InChI=1S/C14H17F3N2O3/c1-19(13(21)11-6-10(20)7-18-11)8-9-4-2-3-5-12(9)22-14(15,16)17/h2-5,10-11,18,20H,6-8H2,1H3/t10-,11-/m0/s1. The second-order valence-electron chi connectivity index (χ2n) is 5.20. The molecule has 5 nitrogen and oxygen atoms in total. The van der Waals surface area contributed by atoms with Crippen LogP contribution in [-0.2, 0) is 11.3 Å². The number of aliphatic hydroxyl groups excluding tert-OH is 1. The van der Waals surface area contributed by atoms with Crippen LogP contribution in [0.15, 0.2) is 24.3 Å². The first-order chi connectivity index (χ1) is 10.3. The lowest BCUT2D eigenvalue weighted by Gasteiger charge is -2.22. The second kappa shape index (κ2) is 6.53. The molecule has 2 rings (SSSR count). The average molecular weight is 318 g/mol. The van der Waals surface area contributed by atoms with Crippen LogP contribution in [-0.4, -0.2) is 48.0 Å². The van der Waals surface area contributed by atoms with E-state index >= 15 is 0 Å². The van der Waals surface area contributed by atoms with Gasteiger partial charge in [-0.25, -0.2) is 0 Å². The van der Waals surface area contributed by atoms with Gasteiger partial charge in [-0.2, -0.15) is 0 Å². The van der Waals surface area contributed by atoms with Gasteiger partial charge in [0.1, 0.15) is 5.75 Å². The molecule has 0 aliphatic carbocycles. The molecule has 0 bridgehead atoms. The Morgan fingerprint density at radius 3 is 2.73 bits per heavy atom. The molecule has 0 radical (unpaired) electrons. The van der Waals surface area contributed by atoms with E-state index < -0.39 is 18.5 Å². The van der Waals surface area contributed by atoms with Crippen molar-refractivity contribution in [1.82, 2.24) is 10.2 Å². The topological polar surface area (TPSA) is 61.8 Å². The number of hydrogen-bond acceptors (Lipinski definition) is 4. The molecule has 1 aromatic carbocycles. The lowest BCUT2D eigenvalue weighted by atomic mass is 10.1. The van der Waals surface area contributed by atoms with Gasteiger partial charge < -0.3 is 20.1 Å². The quantitative estimate of drug-likeness (QED) is 0.878. The van der Waals surface area contributed by atoms with Crippen LogP contribution < -0.4 is 10.1 Å². The van der Waals surface area contributed by atoms with Crippen LogP contribution in [0, 0.1) is 0 Å². The van der Waals surface area contributed by atoms with Crippen LogP contribution in [0.25, 0.3) is 0 Å². The van der Waals surface area contributed by atoms with Crippen molar-refractivity contribution in [3.05, 3.63) is 29.8 Å². The number of aliphatic hydroxyl groups is 1. The maximum absolute atomic E-state index is 12.4. The zero-order chi connectivity index (χ0) is 16.3. The highest BCUT2D eigenvalue weighted by Crippen LogP contribution is 2.27. The summed E-state index contributed by atoms with van der Waals surface area (Å²) in [6.45, 7) is 0.317. The van der Waals surface area contributed by atoms with E-state index in [1.54, 1.807) is 6.07 Å². The molecule has 1 aliphatic rings. The zero-order valence-electron chi connectivity index (χ0n) is 11.9. The van der Waals surface area contributed by atoms with Gasteiger partial charge in [0, 0.05) is 25.7 Å². The summed E-state index contributed by atoms with van der Waals surface area (Å²) in [4.78, 5) is 13.5. The number of amides is 1. The molecule has 1 fully saturated rings. The average Bonchev–Trinajstić information content (AvgIpc) is 2.85. The van der Waals surface area contributed by atoms with Gasteiger partial charge in [-0.1, -0.05) is 18.2 Å². The number of likely N-dealkylation sites (N-methyl/N-ethyl adjacent to an activating group) is 1. The van der Waals surface area contributed by atoms with Gasteiger partial charge in [0.2, 0.25) is 5.91 Å². The fourth-order valence-corrected chi connectivity index (χ4v) is 2.36. The van der Waals surface area contributed by atoms with Gasteiger partial charge in [-0.3, -0.25) is 4.79 Å². The van der Waals surface area contributed by atoms with Crippen LogP contribution in [0.3, 0.4) is 0 Å². The van der Waals surface area contributed by atoms with E-state index in [0.717, 1.165) is 0 Å². The Bertz CT molecular complexity index is 536. The Labute approximate surface area is 125 Å². The molecule has 2 N–H and O–H groups in total. The molecule has 2 atom stereocenters. The van der Waals surface area contributed by atoms with E-state index in [2.05, 4.69) is 10.1 Å². The van der Waals surface area contributed by atoms with Crippen molar-refractivity contribution in [3.8, 4) is 5.75 Å². The van der Waals surface area contributed by atoms with Gasteiger partial charge in [-0.15, -0.1) is 13.2 Å². The summed E-state index contributed by atoms with van der Waals surface area (Å²) < 4.78 is 41.1. The number of benzene rings is 1. The number of halogens is 3. The Morgan fingerprint density at radius 1 is 1.45 bits per heavy atom. The SMILES string of the molecule is CN(Cc1ccccc1OC(F)(F)F)C(=O)[C@@H]1C[C@H](O)CN1. The van der Waals surface area contributed by atoms with Crippen molar-refractivity contribution in [1.29, 1.82) is 0 Å². The first kappa shape index (κ1) is 16.6. The number of β-amino-alcohol motifs (C(OH)–C–C–N with tert-alkyl or cyclic N) is 1. The minimum absolute atomic E-state index is 0.0145. The molecule has 1 aliphatic heterocycles. The summed E-state index contributed by atoms with van der Waals surface area (Å²) in [5.41, 5.74) is 0.259. The smallest absolute Gasteiger partial charge is 0.405 e. The highest BCUT2D eigenvalue weighted by molar-refractivity contribution is 5.82. The summed E-state index contributed by atoms with van der Waals surface area (Å²) in [5.74, 6) is -0.604. The van der Waals surface area contributed by atoms with Gasteiger partial charge in [0.05, 0.1) is 12.1 Å². The van der Waals surface area contributed by atoms with Gasteiger partial charge in [-0.05, 0) is 12.5 Å². The van der Waals surface area contributed by atoms with Gasteiger partial charge in [0.25, 0.3) is 0 Å². The Hall–Kier alpha value is -1.80. The van der Waals surface area contributed by atoms with Crippen LogP contribution in [0.1, 0.15) is 12.0 Å². The molecule has 0 aromatic heterocycles. The molecular formula is C14H17F3N2O3. The first-order valence-corrected chi connectivity index (χ1v) is 6.76. The predicted molar refractivity (Wildman–Crippen MR) is 72.0 cm³/mol. The number of para-hydroxylation sites is 1. The highest BCUT2D eigenvalue weighted by Gasteiger charge is 2.33. The number of ether oxygens (including phenoxy) is 1. The molecule has 8 heteroatoms. The fraction of sp³-hybridized carbons (Fsp3) is 0.500. The van der Waals surface area contributed by atoms with Gasteiger partial charge in [0.15, 0.2) is 0 Å². The monoisotopic (exact) mass is 318 g/mol. The molecule has 1 saturated heterocycles. The summed E-state index contributed by atoms with van der Waals surface area (Å²) in [5, 5.41) is 12.3. The molecular weight excluding hydrogens is 301 g/mol. The first-order valence-electron chi connectivity index (χ1n) is 6.76. The molecule has 22 heavy (non-hydrogen) atoms. The van der Waals surface area contributed by atoms with Crippen molar-refractivity contribution in [2.24, 2.45) is 0 Å². The van der Waals surface area contributed by atoms with Crippen molar-refractivity contribution in [3.63, 3.8) is 0 Å². The van der Waals surface area contributed by atoms with E-state index in [4.69, 9.17) is 0 Å². The third kappa shape index (κ3) is 4.35. The van der Waals surface area contributed by atoms with Crippen molar-refractivity contribution in [2.45, 2.75) is 31.5 Å². The van der Waals surface area contributed by atoms with Crippen LogP contribution in [0.5, 0.6) is 5.75 Å². The number of nitrogens with zero attached hydrogens (tertiary/aromatic N) is 1. The number of hydrogen-bond donors (Lipinski definition) is 2. The Morgan fingerprint density at radius 2 is 2.14 bits per heavy atom. The van der Waals surface area contributed by atoms with Crippen LogP contribution >= 0.6 is 0 Å². The number of rotatable bonds is 4. The van der Waals surface area contributed by atoms with Crippen molar-refractivity contribution >= 4 is 5.91 Å². The maximum Gasteiger partial charge on any atom is 0.573 e. The minimum Gasteiger partial charge on any atom is -0.405 e. The summed E-state index contributed by atoms with van der Waals surface area (Å²) in [6, 6.07) is 5.17. The molecule has 0 unspecified atom stereocenters. The predicted octanol–water partition coefficient (Wildman–Crippen LogP) is 1.27. The summed E-state index contributed by atoms with van der Waals surface area (Å²) >= 11 is 0. The normalized spacial score (nSPS) is 21.7.